The van der Waals surface area contributed by atoms with Crippen LogP contribution in [-0.2, 0) is 0 Å². The summed E-state index contributed by atoms with van der Waals surface area (Å²) in [6.07, 6.45) is 3.85. The summed E-state index contributed by atoms with van der Waals surface area (Å²) in [5, 5.41) is 3.65. The summed E-state index contributed by atoms with van der Waals surface area (Å²) in [6, 6.07) is 8.00. The standard InChI is InChI=1S/C16H16ClFN2O/c1-19-16(6-7-16)10-21-13-8-14(15(17)20-9-13)11-2-4-12(18)5-3-11/h2-5,8-9,19H,6-7,10H2,1H3. The Morgan fingerprint density at radius 2 is 2.05 bits per heavy atom. The Bertz CT molecular complexity index is 641. The first-order valence-electron chi connectivity index (χ1n) is 6.85. The largest absolute Gasteiger partial charge is 0.490 e. The zero-order valence-corrected chi connectivity index (χ0v) is 12.5. The molecule has 3 nitrogen and oxygen atoms in total. The zero-order valence-electron chi connectivity index (χ0n) is 11.7. The van der Waals surface area contributed by atoms with Gasteiger partial charge in [0.05, 0.1) is 11.7 Å². The molecule has 1 aliphatic carbocycles. The minimum Gasteiger partial charge on any atom is -0.490 e. The molecule has 0 bridgehead atoms. The first kappa shape index (κ1) is 14.3. The van der Waals surface area contributed by atoms with Gasteiger partial charge in [0.25, 0.3) is 0 Å². The summed E-state index contributed by atoms with van der Waals surface area (Å²) >= 11 is 6.13. The lowest BCUT2D eigenvalue weighted by Gasteiger charge is -2.15. The van der Waals surface area contributed by atoms with Crippen molar-refractivity contribution in [2.24, 2.45) is 0 Å². The highest BCUT2D eigenvalue weighted by Crippen LogP contribution is 2.36. The van der Waals surface area contributed by atoms with Crippen LogP contribution in [0, 0.1) is 5.82 Å². The van der Waals surface area contributed by atoms with Crippen molar-refractivity contribution < 1.29 is 9.13 Å². The van der Waals surface area contributed by atoms with E-state index in [0.717, 1.165) is 24.0 Å². The molecule has 1 aromatic heterocycles. The van der Waals surface area contributed by atoms with Gasteiger partial charge in [-0.1, -0.05) is 23.7 Å². The third kappa shape index (κ3) is 3.17. The van der Waals surface area contributed by atoms with Crippen molar-refractivity contribution in [3.8, 4) is 16.9 Å². The summed E-state index contributed by atoms with van der Waals surface area (Å²) in [5.74, 6) is 0.389. The Kier molecular flexibility index (Phi) is 3.83. The van der Waals surface area contributed by atoms with Crippen molar-refractivity contribution in [1.29, 1.82) is 0 Å². The maximum Gasteiger partial charge on any atom is 0.138 e. The van der Waals surface area contributed by atoms with Crippen LogP contribution >= 0.6 is 11.6 Å². The molecule has 1 heterocycles. The maximum atomic E-state index is 13.0. The monoisotopic (exact) mass is 306 g/mol. The van der Waals surface area contributed by atoms with Crippen molar-refractivity contribution in [2.45, 2.75) is 18.4 Å². The second-order valence-electron chi connectivity index (χ2n) is 5.34. The molecule has 1 N–H and O–H groups in total. The van der Waals surface area contributed by atoms with Crippen LogP contribution in [0.3, 0.4) is 0 Å². The lowest BCUT2D eigenvalue weighted by atomic mass is 10.1. The number of hydrogen-bond acceptors (Lipinski definition) is 3. The van der Waals surface area contributed by atoms with Crippen molar-refractivity contribution in [3.05, 3.63) is 47.5 Å². The number of aromatic nitrogens is 1. The number of ether oxygens (including phenoxy) is 1. The van der Waals surface area contributed by atoms with Gasteiger partial charge in [-0.15, -0.1) is 0 Å². The predicted octanol–water partition coefficient (Wildman–Crippen LogP) is 3.67. The van der Waals surface area contributed by atoms with E-state index >= 15 is 0 Å². The number of benzene rings is 1. The molecule has 0 aliphatic heterocycles. The lowest BCUT2D eigenvalue weighted by molar-refractivity contribution is 0.259. The second kappa shape index (κ2) is 5.62. The Morgan fingerprint density at radius 3 is 2.67 bits per heavy atom. The van der Waals surface area contributed by atoms with E-state index in [0.29, 0.717) is 17.5 Å². The molecule has 0 saturated heterocycles. The van der Waals surface area contributed by atoms with Gasteiger partial charge in [-0.2, -0.15) is 0 Å². The molecule has 5 heteroatoms. The fourth-order valence-electron chi connectivity index (χ4n) is 2.18. The molecule has 2 aromatic rings. The maximum absolute atomic E-state index is 13.0. The number of nitrogens with one attached hydrogen (secondary N) is 1. The lowest BCUT2D eigenvalue weighted by Crippen LogP contribution is -2.33. The Hall–Kier alpha value is -1.65. The predicted molar refractivity (Wildman–Crippen MR) is 81.2 cm³/mol. The molecule has 3 rings (SSSR count). The highest BCUT2D eigenvalue weighted by Gasteiger charge is 2.41. The van der Waals surface area contributed by atoms with E-state index in [1.807, 2.05) is 13.1 Å². The van der Waals surface area contributed by atoms with E-state index in [1.165, 1.54) is 12.1 Å². The summed E-state index contributed by atoms with van der Waals surface area (Å²) in [7, 11) is 1.94. The van der Waals surface area contributed by atoms with Gasteiger partial charge < -0.3 is 10.1 Å². The van der Waals surface area contributed by atoms with Crippen LogP contribution in [0.15, 0.2) is 36.5 Å². The first-order chi connectivity index (χ1) is 10.1. The Balaban J connectivity index is 1.81. The highest BCUT2D eigenvalue weighted by atomic mass is 35.5. The number of pyridine rings is 1. The van der Waals surface area contributed by atoms with Gasteiger partial charge in [0.1, 0.15) is 23.3 Å². The topological polar surface area (TPSA) is 34.1 Å². The number of halogens is 2. The minimum atomic E-state index is -0.278. The van der Waals surface area contributed by atoms with E-state index in [4.69, 9.17) is 16.3 Å². The van der Waals surface area contributed by atoms with Gasteiger partial charge >= 0.3 is 0 Å². The SMILES string of the molecule is CNC1(COc2cnc(Cl)c(-c3ccc(F)cc3)c2)CC1. The van der Waals surface area contributed by atoms with Crippen LogP contribution in [0.5, 0.6) is 5.75 Å². The second-order valence-corrected chi connectivity index (χ2v) is 5.69. The molecule has 0 radical (unpaired) electrons. The van der Waals surface area contributed by atoms with E-state index in [1.54, 1.807) is 18.3 Å². The van der Waals surface area contributed by atoms with Crippen molar-refractivity contribution in [2.75, 3.05) is 13.7 Å². The Labute approximate surface area is 128 Å². The summed E-state index contributed by atoms with van der Waals surface area (Å²) < 4.78 is 18.8. The van der Waals surface area contributed by atoms with Crippen LogP contribution < -0.4 is 10.1 Å². The van der Waals surface area contributed by atoms with Crippen molar-refractivity contribution in [3.63, 3.8) is 0 Å². The normalized spacial score (nSPS) is 15.8. The fourth-order valence-corrected chi connectivity index (χ4v) is 2.39. The van der Waals surface area contributed by atoms with Gasteiger partial charge in [-0.25, -0.2) is 9.37 Å². The van der Waals surface area contributed by atoms with E-state index in [2.05, 4.69) is 10.3 Å². The van der Waals surface area contributed by atoms with E-state index in [9.17, 15) is 4.39 Å². The molecule has 21 heavy (non-hydrogen) atoms. The third-order valence-electron chi connectivity index (χ3n) is 3.87. The zero-order chi connectivity index (χ0) is 14.9. The third-order valence-corrected chi connectivity index (χ3v) is 4.17. The fraction of sp³-hybridized carbons (Fsp3) is 0.312. The number of nitrogens with zero attached hydrogens (tertiary/aromatic N) is 1. The van der Waals surface area contributed by atoms with E-state index < -0.39 is 0 Å². The van der Waals surface area contributed by atoms with Crippen LogP contribution in [0.1, 0.15) is 12.8 Å². The molecule has 1 aromatic carbocycles. The first-order valence-corrected chi connectivity index (χ1v) is 7.23. The van der Waals surface area contributed by atoms with Gasteiger partial charge in [-0.3, -0.25) is 0 Å². The van der Waals surface area contributed by atoms with E-state index in [-0.39, 0.29) is 11.4 Å². The molecule has 0 amide bonds. The minimum absolute atomic E-state index is 0.107. The van der Waals surface area contributed by atoms with Gasteiger partial charge in [0.15, 0.2) is 0 Å². The molecule has 0 atom stereocenters. The molecule has 1 fully saturated rings. The van der Waals surface area contributed by atoms with Crippen LogP contribution in [0.2, 0.25) is 5.15 Å². The van der Waals surface area contributed by atoms with Gasteiger partial charge in [0.2, 0.25) is 0 Å². The van der Waals surface area contributed by atoms with Crippen molar-refractivity contribution in [1.82, 2.24) is 10.3 Å². The average Bonchev–Trinajstić information content (AvgIpc) is 3.28. The molecule has 110 valence electrons. The van der Waals surface area contributed by atoms with Gasteiger partial charge in [-0.05, 0) is 43.7 Å². The summed E-state index contributed by atoms with van der Waals surface area (Å²) in [5.41, 5.74) is 1.66. The smallest absolute Gasteiger partial charge is 0.138 e. The van der Waals surface area contributed by atoms with Crippen molar-refractivity contribution >= 4 is 11.6 Å². The molecule has 0 spiro atoms. The van der Waals surface area contributed by atoms with Crippen LogP contribution in [0.25, 0.3) is 11.1 Å². The number of hydrogen-bond donors (Lipinski definition) is 1. The quantitative estimate of drug-likeness (QED) is 0.856. The van der Waals surface area contributed by atoms with Crippen LogP contribution in [0.4, 0.5) is 4.39 Å². The van der Waals surface area contributed by atoms with Gasteiger partial charge in [0, 0.05) is 5.56 Å². The molecule has 1 saturated carbocycles. The summed E-state index contributed by atoms with van der Waals surface area (Å²) in [4.78, 5) is 4.15. The summed E-state index contributed by atoms with van der Waals surface area (Å²) in [6.45, 7) is 0.607. The molecule has 0 unspecified atom stereocenters. The molecule has 1 aliphatic rings. The molecular formula is C16H16ClFN2O. The Morgan fingerprint density at radius 1 is 1.33 bits per heavy atom. The average molecular weight is 307 g/mol. The number of rotatable bonds is 5. The molecular weight excluding hydrogens is 291 g/mol. The highest BCUT2D eigenvalue weighted by molar-refractivity contribution is 6.32. The van der Waals surface area contributed by atoms with Crippen LogP contribution in [-0.4, -0.2) is 24.2 Å². The number of likely N-dealkylation sites (N-methyl/N-ethyl adjacent to an activating group) is 1.